The summed E-state index contributed by atoms with van der Waals surface area (Å²) in [5.74, 6) is 0. The summed E-state index contributed by atoms with van der Waals surface area (Å²) in [5, 5.41) is 2.83. The van der Waals surface area contributed by atoms with Crippen LogP contribution < -0.4 is 0 Å². The number of aryl methyl sites for hydroxylation is 1. The van der Waals surface area contributed by atoms with Gasteiger partial charge in [0.15, 0.2) is 0 Å². The number of fused-ring (bicyclic) bond motifs is 3. The van der Waals surface area contributed by atoms with Gasteiger partial charge >= 0.3 is 0 Å². The van der Waals surface area contributed by atoms with E-state index in [9.17, 15) is 0 Å². The fourth-order valence-electron chi connectivity index (χ4n) is 2.22. The average Bonchev–Trinajstić information content (AvgIpc) is 2.68. The molecule has 0 amide bonds. The van der Waals surface area contributed by atoms with Gasteiger partial charge in [0.05, 0.1) is 0 Å². The van der Waals surface area contributed by atoms with Crippen LogP contribution in [0.15, 0.2) is 42.5 Å². The maximum absolute atomic E-state index is 2.36. The lowest BCUT2D eigenvalue weighted by atomic mass is 10.1. The molecule has 3 aromatic rings. The third kappa shape index (κ3) is 1.52. The van der Waals surface area contributed by atoms with Crippen LogP contribution in [-0.4, -0.2) is 0 Å². The Bertz CT molecular complexity index is 634. The molecule has 0 aliphatic rings. The maximum atomic E-state index is 2.36. The first kappa shape index (κ1) is 9.86. The lowest BCUT2D eigenvalue weighted by Gasteiger charge is -1.98. The molecule has 1 heteroatoms. The van der Waals surface area contributed by atoms with E-state index in [-0.39, 0.29) is 0 Å². The number of benzene rings is 2. The summed E-state index contributed by atoms with van der Waals surface area (Å²) in [5.41, 5.74) is 1.46. The van der Waals surface area contributed by atoms with Crippen LogP contribution in [0.25, 0.3) is 20.2 Å². The van der Waals surface area contributed by atoms with E-state index < -0.39 is 0 Å². The Kier molecular flexibility index (Phi) is 2.41. The lowest BCUT2D eigenvalue weighted by Crippen LogP contribution is -1.80. The van der Waals surface area contributed by atoms with Gasteiger partial charge < -0.3 is 0 Å². The van der Waals surface area contributed by atoms with Crippen LogP contribution in [0.1, 0.15) is 18.9 Å². The zero-order valence-electron chi connectivity index (χ0n) is 9.36. The zero-order valence-corrected chi connectivity index (χ0v) is 10.2. The molecule has 0 bridgehead atoms. The van der Waals surface area contributed by atoms with Gasteiger partial charge in [-0.15, -0.1) is 11.3 Å². The van der Waals surface area contributed by atoms with Crippen LogP contribution in [0, 0.1) is 0 Å². The minimum absolute atomic E-state index is 1.18. The minimum Gasteiger partial charge on any atom is -0.135 e. The van der Waals surface area contributed by atoms with E-state index in [4.69, 9.17) is 0 Å². The van der Waals surface area contributed by atoms with Crippen molar-refractivity contribution in [2.75, 3.05) is 0 Å². The second kappa shape index (κ2) is 3.91. The van der Waals surface area contributed by atoms with Gasteiger partial charge in [0.25, 0.3) is 0 Å². The van der Waals surface area contributed by atoms with E-state index in [1.54, 1.807) is 0 Å². The highest BCUT2D eigenvalue weighted by Crippen LogP contribution is 2.34. The first-order valence-electron chi connectivity index (χ1n) is 5.78. The molecule has 0 N–H and O–H groups in total. The van der Waals surface area contributed by atoms with Gasteiger partial charge in [-0.05, 0) is 30.2 Å². The van der Waals surface area contributed by atoms with Crippen molar-refractivity contribution < 1.29 is 0 Å². The summed E-state index contributed by atoms with van der Waals surface area (Å²) >= 11 is 1.89. The second-order valence-corrected chi connectivity index (χ2v) is 5.26. The molecular formula is C15H14S. The Morgan fingerprint density at radius 3 is 2.62 bits per heavy atom. The smallest absolute Gasteiger partial charge is 0.0355 e. The van der Waals surface area contributed by atoms with Crippen LogP contribution in [0.3, 0.4) is 0 Å². The SMILES string of the molecule is CCCc1ccc2sc3ccccc3c2c1. The molecular weight excluding hydrogens is 212 g/mol. The van der Waals surface area contributed by atoms with Gasteiger partial charge in [0, 0.05) is 20.2 Å². The molecule has 3 rings (SSSR count). The monoisotopic (exact) mass is 226 g/mol. The van der Waals surface area contributed by atoms with E-state index in [0.29, 0.717) is 0 Å². The van der Waals surface area contributed by atoms with Gasteiger partial charge in [-0.25, -0.2) is 0 Å². The molecule has 0 atom stereocenters. The van der Waals surface area contributed by atoms with E-state index >= 15 is 0 Å². The molecule has 0 aliphatic heterocycles. The Morgan fingerprint density at radius 1 is 0.938 bits per heavy atom. The molecule has 0 saturated heterocycles. The fourth-order valence-corrected chi connectivity index (χ4v) is 3.30. The Balaban J connectivity index is 2.31. The topological polar surface area (TPSA) is 0 Å². The number of hydrogen-bond donors (Lipinski definition) is 0. The van der Waals surface area contributed by atoms with Crippen molar-refractivity contribution in [1.29, 1.82) is 0 Å². The van der Waals surface area contributed by atoms with Gasteiger partial charge in [-0.1, -0.05) is 37.6 Å². The van der Waals surface area contributed by atoms with E-state index in [1.165, 1.54) is 38.6 Å². The molecule has 1 aromatic heterocycles. The van der Waals surface area contributed by atoms with Gasteiger partial charge in [-0.2, -0.15) is 0 Å². The number of rotatable bonds is 2. The maximum Gasteiger partial charge on any atom is 0.0355 e. The van der Waals surface area contributed by atoms with Crippen molar-refractivity contribution in [3.63, 3.8) is 0 Å². The molecule has 0 nitrogen and oxygen atoms in total. The normalized spacial score (nSPS) is 11.3. The van der Waals surface area contributed by atoms with Crippen molar-refractivity contribution in [1.82, 2.24) is 0 Å². The highest BCUT2D eigenvalue weighted by atomic mass is 32.1. The molecule has 0 radical (unpaired) electrons. The number of hydrogen-bond acceptors (Lipinski definition) is 1. The van der Waals surface area contributed by atoms with Crippen LogP contribution in [-0.2, 0) is 6.42 Å². The number of thiophene rings is 1. The van der Waals surface area contributed by atoms with Gasteiger partial charge in [0.1, 0.15) is 0 Å². The molecule has 2 aromatic carbocycles. The molecule has 80 valence electrons. The van der Waals surface area contributed by atoms with Crippen molar-refractivity contribution >= 4 is 31.5 Å². The summed E-state index contributed by atoms with van der Waals surface area (Å²) < 4.78 is 2.80. The largest absolute Gasteiger partial charge is 0.135 e. The lowest BCUT2D eigenvalue weighted by molar-refractivity contribution is 0.924. The standard InChI is InChI=1S/C15H14S/c1-2-5-11-8-9-15-13(10-11)12-6-3-4-7-14(12)16-15/h3-4,6-10H,2,5H2,1H3. The zero-order chi connectivity index (χ0) is 11.0. The van der Waals surface area contributed by atoms with Crippen LogP contribution in [0.4, 0.5) is 0 Å². The van der Waals surface area contributed by atoms with E-state index in [1.807, 2.05) is 11.3 Å². The van der Waals surface area contributed by atoms with Crippen LogP contribution in [0.2, 0.25) is 0 Å². The van der Waals surface area contributed by atoms with Gasteiger partial charge in [0.2, 0.25) is 0 Å². The third-order valence-corrected chi connectivity index (χ3v) is 4.13. The summed E-state index contributed by atoms with van der Waals surface area (Å²) in [6, 6.07) is 15.6. The third-order valence-electron chi connectivity index (χ3n) is 2.98. The van der Waals surface area contributed by atoms with Gasteiger partial charge in [-0.3, -0.25) is 0 Å². The van der Waals surface area contributed by atoms with Crippen molar-refractivity contribution in [3.8, 4) is 0 Å². The predicted molar refractivity (Wildman–Crippen MR) is 73.3 cm³/mol. The fraction of sp³-hybridized carbons (Fsp3) is 0.200. The Morgan fingerprint density at radius 2 is 1.75 bits per heavy atom. The summed E-state index contributed by atoms with van der Waals surface area (Å²) in [6.07, 6.45) is 2.40. The molecule has 0 aliphatic carbocycles. The highest BCUT2D eigenvalue weighted by Gasteiger charge is 2.04. The molecule has 1 heterocycles. The van der Waals surface area contributed by atoms with E-state index in [2.05, 4.69) is 49.4 Å². The molecule has 0 unspecified atom stereocenters. The summed E-state index contributed by atoms with van der Waals surface area (Å²) in [7, 11) is 0. The second-order valence-electron chi connectivity index (χ2n) is 4.18. The minimum atomic E-state index is 1.18. The Labute approximate surface area is 99.5 Å². The first-order valence-corrected chi connectivity index (χ1v) is 6.60. The molecule has 0 fully saturated rings. The van der Waals surface area contributed by atoms with E-state index in [0.717, 1.165) is 0 Å². The molecule has 0 spiro atoms. The van der Waals surface area contributed by atoms with Crippen LogP contribution in [0.5, 0.6) is 0 Å². The summed E-state index contributed by atoms with van der Waals surface area (Å²) in [4.78, 5) is 0. The average molecular weight is 226 g/mol. The van der Waals surface area contributed by atoms with Crippen molar-refractivity contribution in [3.05, 3.63) is 48.0 Å². The van der Waals surface area contributed by atoms with Crippen LogP contribution >= 0.6 is 11.3 Å². The van der Waals surface area contributed by atoms with Crippen molar-refractivity contribution in [2.24, 2.45) is 0 Å². The molecule has 0 saturated carbocycles. The quantitative estimate of drug-likeness (QED) is 0.576. The van der Waals surface area contributed by atoms with Crippen molar-refractivity contribution in [2.45, 2.75) is 19.8 Å². The Hall–Kier alpha value is -1.34. The predicted octanol–water partition coefficient (Wildman–Crippen LogP) is 5.01. The first-order chi connectivity index (χ1) is 7.88. The molecule has 16 heavy (non-hydrogen) atoms. The summed E-state index contributed by atoms with van der Waals surface area (Å²) in [6.45, 7) is 2.23. The highest BCUT2D eigenvalue weighted by molar-refractivity contribution is 7.25.